The number of amides is 1. The minimum atomic E-state index is -1.37. The molecule has 0 aromatic carbocycles. The van der Waals surface area contributed by atoms with Gasteiger partial charge in [-0.1, -0.05) is 13.8 Å². The Labute approximate surface area is 87.9 Å². The molecule has 0 spiro atoms. The van der Waals surface area contributed by atoms with Gasteiger partial charge in [-0.15, -0.1) is 0 Å². The third-order valence-electron chi connectivity index (χ3n) is 2.02. The number of hydrogen-bond donors (Lipinski definition) is 3. The summed E-state index contributed by atoms with van der Waals surface area (Å²) in [7, 11) is 0. The fourth-order valence-electron chi connectivity index (χ4n) is 0.826. The lowest BCUT2D eigenvalue weighted by Gasteiger charge is -2.27. The maximum atomic E-state index is 11.2. The summed E-state index contributed by atoms with van der Waals surface area (Å²) in [6.07, 6.45) is -1.68. The fourth-order valence-corrected chi connectivity index (χ4v) is 0.826. The number of carboxylic acid groups (broad SMARTS) is 1. The molecule has 0 aliphatic rings. The molecule has 0 aromatic rings. The Balaban J connectivity index is 4.05. The largest absolute Gasteiger partial charge is 0.550 e. The molecule has 1 unspecified atom stereocenters. The number of aliphatic hydroxyl groups excluding tert-OH is 2. The van der Waals surface area contributed by atoms with Crippen molar-refractivity contribution in [3.63, 3.8) is 0 Å². The van der Waals surface area contributed by atoms with E-state index in [0.717, 1.165) is 0 Å². The van der Waals surface area contributed by atoms with E-state index < -0.39 is 23.4 Å². The van der Waals surface area contributed by atoms with Crippen LogP contribution >= 0.6 is 0 Å². The van der Waals surface area contributed by atoms with Crippen LogP contribution < -0.4 is 10.4 Å². The zero-order chi connectivity index (χ0) is 12.1. The van der Waals surface area contributed by atoms with Gasteiger partial charge in [-0.05, 0) is 0 Å². The third-order valence-corrected chi connectivity index (χ3v) is 2.02. The molecule has 6 heteroatoms. The van der Waals surface area contributed by atoms with Crippen LogP contribution in [0.3, 0.4) is 0 Å². The minimum absolute atomic E-state index is 0.0975. The van der Waals surface area contributed by atoms with Crippen molar-refractivity contribution < 1.29 is 24.9 Å². The van der Waals surface area contributed by atoms with E-state index in [1.54, 1.807) is 0 Å². The molecule has 0 saturated carbocycles. The lowest BCUT2D eigenvalue weighted by Crippen LogP contribution is -2.46. The van der Waals surface area contributed by atoms with Gasteiger partial charge < -0.3 is 25.4 Å². The van der Waals surface area contributed by atoms with E-state index in [1.165, 1.54) is 13.8 Å². The van der Waals surface area contributed by atoms with Crippen LogP contribution in [0.2, 0.25) is 0 Å². The number of aliphatic carboxylic acids is 1. The Bertz CT molecular complexity index is 239. The zero-order valence-electron chi connectivity index (χ0n) is 8.82. The van der Waals surface area contributed by atoms with Crippen molar-refractivity contribution in [2.45, 2.75) is 26.4 Å². The first-order valence-electron chi connectivity index (χ1n) is 4.57. The molecule has 15 heavy (non-hydrogen) atoms. The van der Waals surface area contributed by atoms with Crippen LogP contribution in [0.15, 0.2) is 0 Å². The highest BCUT2D eigenvalue weighted by Gasteiger charge is 2.32. The van der Waals surface area contributed by atoms with E-state index in [-0.39, 0.29) is 19.6 Å². The highest BCUT2D eigenvalue weighted by Crippen LogP contribution is 2.19. The van der Waals surface area contributed by atoms with Gasteiger partial charge in [-0.2, -0.15) is 0 Å². The van der Waals surface area contributed by atoms with Crippen LogP contribution in [0.4, 0.5) is 0 Å². The van der Waals surface area contributed by atoms with Crippen LogP contribution in [0.5, 0.6) is 0 Å². The summed E-state index contributed by atoms with van der Waals surface area (Å²) < 4.78 is 0. The number of carbonyl (C=O) groups is 2. The van der Waals surface area contributed by atoms with Gasteiger partial charge in [0.15, 0.2) is 0 Å². The van der Waals surface area contributed by atoms with Crippen LogP contribution in [0.1, 0.15) is 20.3 Å². The van der Waals surface area contributed by atoms with Crippen LogP contribution in [-0.4, -0.2) is 41.3 Å². The van der Waals surface area contributed by atoms with Gasteiger partial charge >= 0.3 is 0 Å². The summed E-state index contributed by atoms with van der Waals surface area (Å²) in [5.41, 5.74) is -0.953. The summed E-state index contributed by atoms with van der Waals surface area (Å²) in [5.74, 6) is -1.97. The van der Waals surface area contributed by atoms with Gasteiger partial charge in [-0.3, -0.25) is 4.79 Å². The molecular formula is C9H16NO5-. The maximum absolute atomic E-state index is 11.2. The smallest absolute Gasteiger partial charge is 0.249 e. The van der Waals surface area contributed by atoms with E-state index in [0.29, 0.717) is 0 Å². The summed E-state index contributed by atoms with van der Waals surface area (Å²) in [4.78, 5) is 21.3. The second-order valence-electron chi connectivity index (χ2n) is 3.96. The number of hydrogen-bond acceptors (Lipinski definition) is 5. The summed E-state index contributed by atoms with van der Waals surface area (Å²) in [6, 6.07) is 0. The van der Waals surface area contributed by atoms with Gasteiger partial charge in [0, 0.05) is 24.3 Å². The van der Waals surface area contributed by atoms with E-state index in [2.05, 4.69) is 5.32 Å². The van der Waals surface area contributed by atoms with Crippen molar-refractivity contribution in [1.82, 2.24) is 5.32 Å². The molecule has 0 rings (SSSR count). The molecule has 88 valence electrons. The first kappa shape index (κ1) is 13.9. The van der Waals surface area contributed by atoms with E-state index >= 15 is 0 Å². The summed E-state index contributed by atoms with van der Waals surface area (Å²) >= 11 is 0. The molecule has 0 aromatic heterocycles. The van der Waals surface area contributed by atoms with Crippen LogP contribution in [-0.2, 0) is 9.59 Å². The number of carbonyl (C=O) groups excluding carboxylic acids is 2. The quantitative estimate of drug-likeness (QED) is 0.461. The summed E-state index contributed by atoms with van der Waals surface area (Å²) in [5, 5.41) is 30.6. The number of nitrogens with one attached hydrogen (secondary N) is 1. The monoisotopic (exact) mass is 218 g/mol. The van der Waals surface area contributed by atoms with Crippen molar-refractivity contribution >= 4 is 11.9 Å². The molecular weight excluding hydrogens is 202 g/mol. The average molecular weight is 218 g/mol. The van der Waals surface area contributed by atoms with Gasteiger partial charge in [0.05, 0.1) is 6.61 Å². The van der Waals surface area contributed by atoms with Crippen molar-refractivity contribution in [2.75, 3.05) is 13.2 Å². The first-order chi connectivity index (χ1) is 6.81. The van der Waals surface area contributed by atoms with Gasteiger partial charge in [-0.25, -0.2) is 0 Å². The highest BCUT2D eigenvalue weighted by atomic mass is 16.4. The molecule has 0 aliphatic heterocycles. The summed E-state index contributed by atoms with van der Waals surface area (Å²) in [6.45, 7) is 2.60. The second-order valence-corrected chi connectivity index (χ2v) is 3.96. The fraction of sp³-hybridized carbons (Fsp3) is 0.778. The zero-order valence-corrected chi connectivity index (χ0v) is 8.82. The van der Waals surface area contributed by atoms with E-state index in [4.69, 9.17) is 5.11 Å². The number of rotatable bonds is 6. The Kier molecular flexibility index (Phi) is 5.24. The van der Waals surface area contributed by atoms with Crippen molar-refractivity contribution in [1.29, 1.82) is 0 Å². The highest BCUT2D eigenvalue weighted by molar-refractivity contribution is 5.81. The predicted molar refractivity (Wildman–Crippen MR) is 49.5 cm³/mol. The molecule has 1 atom stereocenters. The normalized spacial score (nSPS) is 13.3. The molecule has 3 N–H and O–H groups in total. The Morgan fingerprint density at radius 1 is 1.47 bits per heavy atom. The van der Waals surface area contributed by atoms with Gasteiger partial charge in [0.1, 0.15) is 6.10 Å². The molecule has 0 radical (unpaired) electrons. The van der Waals surface area contributed by atoms with Crippen LogP contribution in [0.25, 0.3) is 0 Å². The standard InChI is InChI=1S/C9H17NO5/c1-9(2,5-11)7(14)8(15)10-4-3-6(12)13/h7,11,14H,3-5H2,1-2H3,(H,10,15)(H,12,13)/p-1. The number of carboxylic acids is 1. The van der Waals surface area contributed by atoms with E-state index in [9.17, 15) is 19.8 Å². The SMILES string of the molecule is CC(C)(CO)C(O)C(=O)NCCC(=O)[O-]. The van der Waals surface area contributed by atoms with Gasteiger partial charge in [0.2, 0.25) is 5.91 Å². The van der Waals surface area contributed by atoms with Gasteiger partial charge in [0.25, 0.3) is 0 Å². The second kappa shape index (κ2) is 5.67. The molecule has 0 saturated heterocycles. The Hall–Kier alpha value is -1.14. The third kappa shape index (κ3) is 4.75. The van der Waals surface area contributed by atoms with Crippen molar-refractivity contribution in [3.05, 3.63) is 0 Å². The van der Waals surface area contributed by atoms with Crippen molar-refractivity contribution in [2.24, 2.45) is 5.41 Å². The first-order valence-corrected chi connectivity index (χ1v) is 4.57. The predicted octanol–water partition coefficient (Wildman–Crippen LogP) is -2.38. The minimum Gasteiger partial charge on any atom is -0.550 e. The molecule has 0 bridgehead atoms. The molecule has 0 fully saturated rings. The Morgan fingerprint density at radius 2 is 2.00 bits per heavy atom. The molecule has 0 heterocycles. The molecule has 6 nitrogen and oxygen atoms in total. The van der Waals surface area contributed by atoms with Crippen LogP contribution in [0, 0.1) is 5.41 Å². The topological polar surface area (TPSA) is 110 Å². The molecule has 1 amide bonds. The lowest BCUT2D eigenvalue weighted by atomic mass is 9.87. The molecule has 0 aliphatic carbocycles. The maximum Gasteiger partial charge on any atom is 0.249 e. The van der Waals surface area contributed by atoms with Crippen molar-refractivity contribution in [3.8, 4) is 0 Å². The Morgan fingerprint density at radius 3 is 2.40 bits per heavy atom. The van der Waals surface area contributed by atoms with E-state index in [1.807, 2.05) is 0 Å². The lowest BCUT2D eigenvalue weighted by molar-refractivity contribution is -0.305. The average Bonchev–Trinajstić information content (AvgIpc) is 2.15. The number of aliphatic hydroxyl groups is 2.